The van der Waals surface area contributed by atoms with Crippen LogP contribution in [0.2, 0.25) is 0 Å². The van der Waals surface area contributed by atoms with Gasteiger partial charge in [0.15, 0.2) is 0 Å². The summed E-state index contributed by atoms with van der Waals surface area (Å²) in [6, 6.07) is 0. The highest BCUT2D eigenvalue weighted by molar-refractivity contribution is 5.77. The van der Waals surface area contributed by atoms with Crippen LogP contribution in [-0.4, -0.2) is 23.2 Å². The van der Waals surface area contributed by atoms with E-state index in [0.717, 1.165) is 25.7 Å². The van der Waals surface area contributed by atoms with E-state index >= 15 is 0 Å². The predicted octanol–water partition coefficient (Wildman–Crippen LogP) is 1.45. The molecule has 1 atom stereocenters. The van der Waals surface area contributed by atoms with Gasteiger partial charge in [-0.3, -0.25) is 4.79 Å². The average molecular weight is 199 g/mol. The highest BCUT2D eigenvalue weighted by Gasteiger charge is 2.37. The van der Waals surface area contributed by atoms with Crippen LogP contribution in [0.4, 0.5) is 0 Å². The molecule has 1 amide bonds. The maximum absolute atomic E-state index is 11.6. The Hall–Kier alpha value is -0.570. The van der Waals surface area contributed by atoms with Gasteiger partial charge in [-0.2, -0.15) is 0 Å². The maximum atomic E-state index is 11.6. The van der Waals surface area contributed by atoms with Crippen molar-refractivity contribution in [3.8, 4) is 0 Å². The molecule has 1 saturated carbocycles. The summed E-state index contributed by atoms with van der Waals surface area (Å²) in [7, 11) is 0. The molecule has 1 aliphatic rings. The molecule has 1 unspecified atom stereocenters. The van der Waals surface area contributed by atoms with Gasteiger partial charge in [-0.05, 0) is 25.2 Å². The minimum atomic E-state index is -0.273. The van der Waals surface area contributed by atoms with Gasteiger partial charge in [0.05, 0.1) is 12.1 Å². The van der Waals surface area contributed by atoms with Crippen molar-refractivity contribution in [3.05, 3.63) is 0 Å². The lowest BCUT2D eigenvalue weighted by Crippen LogP contribution is -2.56. The van der Waals surface area contributed by atoms with Crippen LogP contribution in [0.5, 0.6) is 0 Å². The summed E-state index contributed by atoms with van der Waals surface area (Å²) in [5, 5.41) is 12.1. The Labute approximate surface area is 85.9 Å². The molecule has 1 fully saturated rings. The first-order valence-electron chi connectivity index (χ1n) is 5.54. The van der Waals surface area contributed by atoms with Crippen LogP contribution in [0, 0.1) is 5.92 Å². The van der Waals surface area contributed by atoms with Crippen molar-refractivity contribution in [3.63, 3.8) is 0 Å². The number of carbonyl (C=O) groups excluding carboxylic acids is 1. The molecule has 0 radical (unpaired) electrons. The van der Waals surface area contributed by atoms with Gasteiger partial charge in [-0.1, -0.05) is 20.3 Å². The van der Waals surface area contributed by atoms with E-state index in [2.05, 4.69) is 19.2 Å². The van der Waals surface area contributed by atoms with Crippen molar-refractivity contribution in [1.82, 2.24) is 5.32 Å². The third-order valence-electron chi connectivity index (χ3n) is 3.25. The predicted molar refractivity (Wildman–Crippen MR) is 55.9 cm³/mol. The molecule has 0 heterocycles. The van der Waals surface area contributed by atoms with Gasteiger partial charge in [-0.25, -0.2) is 0 Å². The van der Waals surface area contributed by atoms with Gasteiger partial charge in [0.2, 0.25) is 5.91 Å². The molecule has 0 spiro atoms. The quantitative estimate of drug-likeness (QED) is 0.704. The third kappa shape index (κ3) is 2.71. The van der Waals surface area contributed by atoms with Crippen LogP contribution in [0.3, 0.4) is 0 Å². The van der Waals surface area contributed by atoms with E-state index in [4.69, 9.17) is 5.11 Å². The number of amides is 1. The van der Waals surface area contributed by atoms with Crippen LogP contribution >= 0.6 is 0 Å². The minimum absolute atomic E-state index is 0.0826. The second-order valence-corrected chi connectivity index (χ2v) is 4.56. The number of nitrogens with one attached hydrogen (secondary N) is 1. The molecule has 0 aromatic rings. The summed E-state index contributed by atoms with van der Waals surface area (Å²) in [5.74, 6) is 0.527. The normalized spacial score (nSPS) is 21.1. The molecular formula is C11H21NO2. The van der Waals surface area contributed by atoms with Crippen molar-refractivity contribution >= 4 is 5.91 Å². The fraction of sp³-hybridized carbons (Fsp3) is 0.909. The molecule has 0 aromatic heterocycles. The monoisotopic (exact) mass is 199 g/mol. The highest BCUT2D eigenvalue weighted by atomic mass is 16.3. The number of aliphatic hydroxyl groups is 1. The summed E-state index contributed by atoms with van der Waals surface area (Å²) in [6.45, 7) is 4.24. The molecule has 82 valence electrons. The molecule has 0 aliphatic heterocycles. The zero-order valence-electron chi connectivity index (χ0n) is 9.18. The molecule has 3 nitrogen and oxygen atoms in total. The van der Waals surface area contributed by atoms with Gasteiger partial charge in [0.1, 0.15) is 0 Å². The van der Waals surface area contributed by atoms with Crippen molar-refractivity contribution < 1.29 is 9.90 Å². The van der Waals surface area contributed by atoms with Crippen LogP contribution in [0.25, 0.3) is 0 Å². The SMILES string of the molecule is CCC(C)CC(=O)NC1(CO)CCC1. The first kappa shape index (κ1) is 11.5. The highest BCUT2D eigenvalue weighted by Crippen LogP contribution is 2.31. The molecule has 0 saturated heterocycles. The average Bonchev–Trinajstić information content (AvgIpc) is 2.11. The summed E-state index contributed by atoms with van der Waals surface area (Å²) in [6.07, 6.45) is 4.58. The second kappa shape index (κ2) is 4.78. The summed E-state index contributed by atoms with van der Waals surface area (Å²) >= 11 is 0. The topological polar surface area (TPSA) is 49.3 Å². The summed E-state index contributed by atoms with van der Waals surface area (Å²) < 4.78 is 0. The van der Waals surface area contributed by atoms with Gasteiger partial charge < -0.3 is 10.4 Å². The van der Waals surface area contributed by atoms with Gasteiger partial charge >= 0.3 is 0 Å². The fourth-order valence-electron chi connectivity index (χ4n) is 1.73. The van der Waals surface area contributed by atoms with E-state index in [-0.39, 0.29) is 18.1 Å². The van der Waals surface area contributed by atoms with E-state index in [1.165, 1.54) is 0 Å². The van der Waals surface area contributed by atoms with Crippen LogP contribution in [0.15, 0.2) is 0 Å². The number of aliphatic hydroxyl groups excluding tert-OH is 1. The van der Waals surface area contributed by atoms with Crippen molar-refractivity contribution in [1.29, 1.82) is 0 Å². The largest absolute Gasteiger partial charge is 0.394 e. The van der Waals surface area contributed by atoms with Crippen molar-refractivity contribution in [2.45, 2.75) is 51.5 Å². The molecule has 0 bridgehead atoms. The lowest BCUT2D eigenvalue weighted by atomic mass is 9.77. The van der Waals surface area contributed by atoms with Gasteiger partial charge in [0.25, 0.3) is 0 Å². The molecule has 1 rings (SSSR count). The summed E-state index contributed by atoms with van der Waals surface area (Å²) in [5.41, 5.74) is -0.273. The molecule has 14 heavy (non-hydrogen) atoms. The Kier molecular flexibility index (Phi) is 3.93. The van der Waals surface area contributed by atoms with E-state index in [1.807, 2.05) is 0 Å². The zero-order valence-corrected chi connectivity index (χ0v) is 9.18. The number of carbonyl (C=O) groups is 1. The van der Waals surface area contributed by atoms with Crippen LogP contribution < -0.4 is 5.32 Å². The Morgan fingerprint density at radius 1 is 1.57 bits per heavy atom. The Balaban J connectivity index is 2.32. The molecular weight excluding hydrogens is 178 g/mol. The fourth-order valence-corrected chi connectivity index (χ4v) is 1.73. The van der Waals surface area contributed by atoms with Crippen molar-refractivity contribution in [2.75, 3.05) is 6.61 Å². The maximum Gasteiger partial charge on any atom is 0.220 e. The number of hydrogen-bond acceptors (Lipinski definition) is 2. The van der Waals surface area contributed by atoms with Crippen molar-refractivity contribution in [2.24, 2.45) is 5.92 Å². The number of hydrogen-bond donors (Lipinski definition) is 2. The van der Waals surface area contributed by atoms with E-state index in [0.29, 0.717) is 12.3 Å². The molecule has 0 aromatic carbocycles. The molecule has 2 N–H and O–H groups in total. The van der Waals surface area contributed by atoms with Crippen LogP contribution in [0.1, 0.15) is 46.0 Å². The first-order chi connectivity index (χ1) is 6.62. The van der Waals surface area contributed by atoms with Gasteiger partial charge in [0, 0.05) is 6.42 Å². The Morgan fingerprint density at radius 3 is 2.57 bits per heavy atom. The number of rotatable bonds is 5. The third-order valence-corrected chi connectivity index (χ3v) is 3.25. The molecule has 1 aliphatic carbocycles. The Bertz CT molecular complexity index is 194. The lowest BCUT2D eigenvalue weighted by Gasteiger charge is -2.41. The second-order valence-electron chi connectivity index (χ2n) is 4.56. The lowest BCUT2D eigenvalue weighted by molar-refractivity contribution is -0.125. The van der Waals surface area contributed by atoms with E-state index < -0.39 is 0 Å². The summed E-state index contributed by atoms with van der Waals surface area (Å²) in [4.78, 5) is 11.6. The Morgan fingerprint density at radius 2 is 2.21 bits per heavy atom. The minimum Gasteiger partial charge on any atom is -0.394 e. The van der Waals surface area contributed by atoms with Crippen LogP contribution in [-0.2, 0) is 4.79 Å². The standard InChI is InChI=1S/C11H21NO2/c1-3-9(2)7-10(14)12-11(8-13)5-4-6-11/h9,13H,3-8H2,1-2H3,(H,12,14). The van der Waals surface area contributed by atoms with E-state index in [9.17, 15) is 4.79 Å². The smallest absolute Gasteiger partial charge is 0.220 e. The molecule has 3 heteroatoms. The van der Waals surface area contributed by atoms with E-state index in [1.54, 1.807) is 0 Å². The zero-order chi connectivity index (χ0) is 10.6. The first-order valence-corrected chi connectivity index (χ1v) is 5.54. The van der Waals surface area contributed by atoms with Gasteiger partial charge in [-0.15, -0.1) is 0 Å².